The molecule has 0 atom stereocenters. The summed E-state index contributed by atoms with van der Waals surface area (Å²) in [5.41, 5.74) is 0.571. The van der Waals surface area contributed by atoms with Gasteiger partial charge < -0.3 is 19.1 Å². The molecule has 140 valence electrons. The largest absolute Gasteiger partial charge is 0.493 e. The summed E-state index contributed by atoms with van der Waals surface area (Å²) in [4.78, 5) is 13.5. The first-order valence-corrected chi connectivity index (χ1v) is 7.99. The number of hydrogen-bond acceptors (Lipinski definition) is 4. The second-order valence-electron chi connectivity index (χ2n) is 5.85. The van der Waals surface area contributed by atoms with Gasteiger partial charge in [0.15, 0.2) is 11.5 Å². The summed E-state index contributed by atoms with van der Waals surface area (Å²) < 4.78 is 54.2. The third-order valence-electron chi connectivity index (χ3n) is 4.10. The van der Waals surface area contributed by atoms with Crippen molar-refractivity contribution < 1.29 is 32.2 Å². The van der Waals surface area contributed by atoms with Gasteiger partial charge in [-0.05, 0) is 30.5 Å². The summed E-state index contributed by atoms with van der Waals surface area (Å²) in [6.45, 7) is -0.519. The van der Waals surface area contributed by atoms with E-state index in [1.165, 1.54) is 14.2 Å². The van der Waals surface area contributed by atoms with E-state index < -0.39 is 24.7 Å². The Labute approximate surface area is 144 Å². The highest BCUT2D eigenvalue weighted by atomic mass is 19.4. The number of ether oxygens (including phenoxy) is 3. The van der Waals surface area contributed by atoms with E-state index in [1.54, 1.807) is 18.2 Å². The molecule has 0 aliphatic carbocycles. The fourth-order valence-electron chi connectivity index (χ4n) is 2.88. The Hall–Kier alpha value is -1.96. The van der Waals surface area contributed by atoms with Gasteiger partial charge in [-0.15, -0.1) is 0 Å². The third kappa shape index (κ3) is 5.52. The number of halogens is 3. The molecule has 1 aliphatic rings. The molecule has 1 aliphatic heterocycles. The van der Waals surface area contributed by atoms with Gasteiger partial charge in [-0.2, -0.15) is 13.2 Å². The Bertz CT molecular complexity index is 586. The topological polar surface area (TPSA) is 48.0 Å². The lowest BCUT2D eigenvalue weighted by Crippen LogP contribution is -2.48. The van der Waals surface area contributed by atoms with Crippen LogP contribution in [0.3, 0.4) is 0 Å². The number of benzene rings is 1. The van der Waals surface area contributed by atoms with Crippen LogP contribution in [-0.4, -0.2) is 57.0 Å². The standard InChI is InChI=1S/C17H22F3NO4/c1-23-14-4-3-12(9-15(14)24-2)10-16(22)21(11-17(18,19)20)13-5-7-25-8-6-13/h3-4,9,13H,5-8,10-11H2,1-2H3. The van der Waals surface area contributed by atoms with Crippen molar-refractivity contribution in [2.24, 2.45) is 0 Å². The van der Waals surface area contributed by atoms with Crippen molar-refractivity contribution in [1.82, 2.24) is 4.90 Å². The molecule has 0 N–H and O–H groups in total. The van der Waals surface area contributed by atoms with Gasteiger partial charge in [-0.3, -0.25) is 4.79 Å². The summed E-state index contributed by atoms with van der Waals surface area (Å²) in [6, 6.07) is 4.42. The normalized spacial score (nSPS) is 15.7. The zero-order chi connectivity index (χ0) is 18.4. The predicted molar refractivity (Wildman–Crippen MR) is 84.9 cm³/mol. The highest BCUT2D eigenvalue weighted by Gasteiger charge is 2.37. The van der Waals surface area contributed by atoms with E-state index in [0.717, 1.165) is 4.90 Å². The second kappa shape index (κ2) is 8.42. The van der Waals surface area contributed by atoms with Gasteiger partial charge in [0.05, 0.1) is 20.6 Å². The van der Waals surface area contributed by atoms with Gasteiger partial charge in [-0.1, -0.05) is 6.07 Å². The molecule has 0 aromatic heterocycles. The molecule has 1 saturated heterocycles. The second-order valence-corrected chi connectivity index (χ2v) is 5.85. The molecule has 1 amide bonds. The van der Waals surface area contributed by atoms with E-state index in [4.69, 9.17) is 14.2 Å². The molecule has 2 rings (SSSR count). The van der Waals surface area contributed by atoms with Gasteiger partial charge in [0, 0.05) is 19.3 Å². The fourth-order valence-corrected chi connectivity index (χ4v) is 2.88. The number of carbonyl (C=O) groups is 1. The molecule has 1 heterocycles. The lowest BCUT2D eigenvalue weighted by atomic mass is 10.0. The van der Waals surface area contributed by atoms with E-state index >= 15 is 0 Å². The Balaban J connectivity index is 2.15. The smallest absolute Gasteiger partial charge is 0.406 e. The monoisotopic (exact) mass is 361 g/mol. The lowest BCUT2D eigenvalue weighted by molar-refractivity contribution is -0.168. The number of alkyl halides is 3. The van der Waals surface area contributed by atoms with Crippen LogP contribution >= 0.6 is 0 Å². The maximum absolute atomic E-state index is 12.9. The molecular formula is C17H22F3NO4. The van der Waals surface area contributed by atoms with E-state index in [2.05, 4.69) is 0 Å². The van der Waals surface area contributed by atoms with Crippen LogP contribution in [0.1, 0.15) is 18.4 Å². The molecule has 1 aromatic carbocycles. The molecule has 5 nitrogen and oxygen atoms in total. The first kappa shape index (κ1) is 19.4. The summed E-state index contributed by atoms with van der Waals surface area (Å²) in [5.74, 6) is 0.368. The first-order valence-electron chi connectivity index (χ1n) is 7.99. The molecule has 8 heteroatoms. The number of rotatable bonds is 6. The Kier molecular flexibility index (Phi) is 6.52. The van der Waals surface area contributed by atoms with Gasteiger partial charge in [-0.25, -0.2) is 0 Å². The molecule has 1 aromatic rings. The summed E-state index contributed by atoms with van der Waals surface area (Å²) in [7, 11) is 2.94. The Morgan fingerprint density at radius 1 is 1.20 bits per heavy atom. The number of methoxy groups -OCH3 is 2. The summed E-state index contributed by atoms with van der Waals surface area (Å²) in [6.07, 6.45) is -3.75. The van der Waals surface area contributed by atoms with Crippen molar-refractivity contribution in [3.8, 4) is 11.5 Å². The number of carbonyl (C=O) groups excluding carboxylic acids is 1. The van der Waals surface area contributed by atoms with E-state index in [0.29, 0.717) is 43.1 Å². The van der Waals surface area contributed by atoms with Crippen molar-refractivity contribution in [3.05, 3.63) is 23.8 Å². The lowest BCUT2D eigenvalue weighted by Gasteiger charge is -2.35. The molecule has 0 radical (unpaired) electrons. The van der Waals surface area contributed by atoms with E-state index in [1.807, 2.05) is 0 Å². The summed E-state index contributed by atoms with van der Waals surface area (Å²) >= 11 is 0. The molecule has 25 heavy (non-hydrogen) atoms. The van der Waals surface area contributed by atoms with Crippen molar-refractivity contribution >= 4 is 5.91 Å². The average Bonchev–Trinajstić information content (AvgIpc) is 2.59. The van der Waals surface area contributed by atoms with E-state index in [-0.39, 0.29) is 6.42 Å². The minimum absolute atomic E-state index is 0.131. The average molecular weight is 361 g/mol. The van der Waals surface area contributed by atoms with E-state index in [9.17, 15) is 18.0 Å². The van der Waals surface area contributed by atoms with Crippen LogP contribution < -0.4 is 9.47 Å². The molecule has 0 saturated carbocycles. The number of amides is 1. The van der Waals surface area contributed by atoms with Crippen molar-refractivity contribution in [2.75, 3.05) is 34.0 Å². The minimum Gasteiger partial charge on any atom is -0.493 e. The highest BCUT2D eigenvalue weighted by Crippen LogP contribution is 2.29. The maximum Gasteiger partial charge on any atom is 0.406 e. The third-order valence-corrected chi connectivity index (χ3v) is 4.10. The molecule has 0 bridgehead atoms. The number of hydrogen-bond donors (Lipinski definition) is 0. The Morgan fingerprint density at radius 3 is 2.40 bits per heavy atom. The molecule has 0 spiro atoms. The molecular weight excluding hydrogens is 339 g/mol. The predicted octanol–water partition coefficient (Wildman–Crippen LogP) is 2.82. The minimum atomic E-state index is -4.44. The Morgan fingerprint density at radius 2 is 1.84 bits per heavy atom. The first-order chi connectivity index (χ1) is 11.8. The van der Waals surface area contributed by atoms with Crippen LogP contribution in [0, 0.1) is 0 Å². The van der Waals surface area contributed by atoms with Crippen LogP contribution in [0.15, 0.2) is 18.2 Å². The molecule has 0 unspecified atom stereocenters. The van der Waals surface area contributed by atoms with Gasteiger partial charge in [0.2, 0.25) is 5.91 Å². The molecule has 1 fully saturated rings. The van der Waals surface area contributed by atoms with Gasteiger partial charge >= 0.3 is 6.18 Å². The quantitative estimate of drug-likeness (QED) is 0.782. The van der Waals surface area contributed by atoms with Crippen LogP contribution in [0.5, 0.6) is 11.5 Å². The zero-order valence-corrected chi connectivity index (χ0v) is 14.3. The van der Waals surface area contributed by atoms with Crippen molar-refractivity contribution in [1.29, 1.82) is 0 Å². The van der Waals surface area contributed by atoms with Crippen molar-refractivity contribution in [3.63, 3.8) is 0 Å². The van der Waals surface area contributed by atoms with Gasteiger partial charge in [0.25, 0.3) is 0 Å². The van der Waals surface area contributed by atoms with Crippen LogP contribution in [-0.2, 0) is 16.0 Å². The van der Waals surface area contributed by atoms with Crippen LogP contribution in [0.2, 0.25) is 0 Å². The van der Waals surface area contributed by atoms with Crippen LogP contribution in [0.25, 0.3) is 0 Å². The van der Waals surface area contributed by atoms with Crippen LogP contribution in [0.4, 0.5) is 13.2 Å². The zero-order valence-electron chi connectivity index (χ0n) is 14.3. The fraction of sp³-hybridized carbons (Fsp3) is 0.588. The number of nitrogens with zero attached hydrogens (tertiary/aromatic N) is 1. The summed E-state index contributed by atoms with van der Waals surface area (Å²) in [5, 5.41) is 0. The highest BCUT2D eigenvalue weighted by molar-refractivity contribution is 5.79. The maximum atomic E-state index is 12.9. The van der Waals surface area contributed by atoms with Gasteiger partial charge in [0.1, 0.15) is 6.54 Å². The SMILES string of the molecule is COc1ccc(CC(=O)N(CC(F)(F)F)C2CCOCC2)cc1OC. The van der Waals surface area contributed by atoms with Crippen molar-refractivity contribution in [2.45, 2.75) is 31.5 Å².